The van der Waals surface area contributed by atoms with E-state index >= 15 is 0 Å². The molecule has 35 heavy (non-hydrogen) atoms. The number of hydrogen-bond donors (Lipinski definition) is 1. The van der Waals surface area contributed by atoms with Crippen LogP contribution in [0.15, 0.2) is 42.0 Å². The fourth-order valence-corrected chi connectivity index (χ4v) is 4.70. The van der Waals surface area contributed by atoms with Crippen LogP contribution in [-0.2, 0) is 14.3 Å². The fraction of sp³-hybridized carbons (Fsp3) is 0.407. The van der Waals surface area contributed by atoms with Gasteiger partial charge in [0.1, 0.15) is 17.3 Å². The van der Waals surface area contributed by atoms with E-state index in [1.54, 1.807) is 25.3 Å². The minimum absolute atomic E-state index is 0.0530. The third kappa shape index (κ3) is 4.90. The Morgan fingerprint density at radius 2 is 1.77 bits per heavy atom. The van der Waals surface area contributed by atoms with Crippen LogP contribution in [0.4, 0.5) is 0 Å². The second kappa shape index (κ2) is 10.5. The summed E-state index contributed by atoms with van der Waals surface area (Å²) in [6, 6.07) is 10.1. The van der Waals surface area contributed by atoms with Gasteiger partial charge in [0.05, 0.1) is 39.0 Å². The van der Waals surface area contributed by atoms with E-state index in [1.165, 1.54) is 12.0 Å². The van der Waals surface area contributed by atoms with Gasteiger partial charge in [-0.1, -0.05) is 17.7 Å². The van der Waals surface area contributed by atoms with E-state index in [-0.39, 0.29) is 11.3 Å². The second-order valence-corrected chi connectivity index (χ2v) is 8.87. The summed E-state index contributed by atoms with van der Waals surface area (Å²) in [5.74, 6) is -0.471. The van der Waals surface area contributed by atoms with Gasteiger partial charge in [0.25, 0.3) is 11.7 Å². The number of likely N-dealkylation sites (tertiary alicyclic amines) is 1. The minimum Gasteiger partial charge on any atom is -0.507 e. The second-order valence-electron chi connectivity index (χ2n) is 8.87. The van der Waals surface area contributed by atoms with Gasteiger partial charge < -0.3 is 24.2 Å². The Morgan fingerprint density at radius 3 is 2.46 bits per heavy atom. The molecule has 1 unspecified atom stereocenters. The summed E-state index contributed by atoms with van der Waals surface area (Å²) in [6.07, 6.45) is 0. The molecule has 0 saturated carbocycles. The van der Waals surface area contributed by atoms with Crippen molar-refractivity contribution >= 4 is 17.4 Å². The molecule has 8 heteroatoms. The number of aliphatic hydroxyl groups is 1. The van der Waals surface area contributed by atoms with E-state index in [0.717, 1.165) is 24.2 Å². The number of hydrogen-bond acceptors (Lipinski definition) is 7. The molecule has 186 valence electrons. The number of Topliss-reactive ketones (excluding diaryl/α,β-unsaturated/α-hetero) is 1. The van der Waals surface area contributed by atoms with Crippen molar-refractivity contribution in [2.24, 2.45) is 0 Å². The zero-order valence-corrected chi connectivity index (χ0v) is 20.7. The summed E-state index contributed by atoms with van der Waals surface area (Å²) in [4.78, 5) is 30.5. The molecule has 2 aliphatic rings. The molecule has 2 saturated heterocycles. The average Bonchev–Trinajstić information content (AvgIpc) is 3.13. The number of nitrogens with zero attached hydrogens (tertiary/aromatic N) is 2. The standard InChI is InChI=1S/C27H32N2O6/c1-17-5-6-18(2)20(15-17)25(30)23-24(21-16-19(33-3)7-8-22(21)34-4)29(27(32)26(23)31)10-9-28-11-13-35-14-12-28/h5-8,15-16,24,30H,9-14H2,1-4H3/b25-23+. The van der Waals surface area contributed by atoms with Crippen LogP contribution in [0.2, 0.25) is 0 Å². The fourth-order valence-electron chi connectivity index (χ4n) is 4.70. The van der Waals surface area contributed by atoms with Crippen molar-refractivity contribution in [1.82, 2.24) is 9.80 Å². The van der Waals surface area contributed by atoms with Gasteiger partial charge in [-0.3, -0.25) is 14.5 Å². The third-order valence-corrected chi connectivity index (χ3v) is 6.68. The summed E-state index contributed by atoms with van der Waals surface area (Å²) < 4.78 is 16.5. The summed E-state index contributed by atoms with van der Waals surface area (Å²) >= 11 is 0. The molecule has 4 rings (SSSR count). The van der Waals surface area contributed by atoms with Gasteiger partial charge in [-0.05, 0) is 43.7 Å². The minimum atomic E-state index is -0.819. The number of ketones is 1. The molecule has 0 aromatic heterocycles. The normalized spacial score (nSPS) is 20.3. The molecular formula is C27H32N2O6. The first-order valence-corrected chi connectivity index (χ1v) is 11.7. The molecule has 0 aliphatic carbocycles. The predicted octanol–water partition coefficient (Wildman–Crippen LogP) is 3.07. The van der Waals surface area contributed by atoms with Crippen LogP contribution in [-0.4, -0.2) is 80.2 Å². The number of aliphatic hydroxyl groups excluding tert-OH is 1. The van der Waals surface area contributed by atoms with E-state index in [0.29, 0.717) is 48.9 Å². The van der Waals surface area contributed by atoms with Crippen LogP contribution < -0.4 is 9.47 Å². The number of rotatable bonds is 7. The lowest BCUT2D eigenvalue weighted by Gasteiger charge is -2.31. The molecule has 1 amide bonds. The molecule has 2 aliphatic heterocycles. The SMILES string of the molecule is COc1ccc(OC)c(C2/C(=C(\O)c3cc(C)ccc3C)C(=O)C(=O)N2CCN2CCOCC2)c1. The average molecular weight is 481 g/mol. The van der Waals surface area contributed by atoms with Gasteiger partial charge in [0.2, 0.25) is 0 Å². The van der Waals surface area contributed by atoms with Crippen molar-refractivity contribution in [3.8, 4) is 11.5 Å². The van der Waals surface area contributed by atoms with Gasteiger partial charge in [-0.25, -0.2) is 0 Å². The first kappa shape index (κ1) is 24.8. The summed E-state index contributed by atoms with van der Waals surface area (Å²) in [7, 11) is 3.09. The molecule has 2 fully saturated rings. The Labute approximate surface area is 205 Å². The molecule has 2 aromatic carbocycles. The number of ether oxygens (including phenoxy) is 3. The van der Waals surface area contributed by atoms with Crippen LogP contribution in [0.25, 0.3) is 5.76 Å². The lowest BCUT2D eigenvalue weighted by Crippen LogP contribution is -2.42. The molecule has 0 bridgehead atoms. The van der Waals surface area contributed by atoms with Crippen molar-refractivity contribution in [3.05, 3.63) is 64.2 Å². The number of carbonyl (C=O) groups is 2. The quantitative estimate of drug-likeness (QED) is 0.370. The van der Waals surface area contributed by atoms with Crippen LogP contribution >= 0.6 is 0 Å². The maximum absolute atomic E-state index is 13.4. The number of amides is 1. The van der Waals surface area contributed by atoms with Gasteiger partial charge in [0, 0.05) is 37.3 Å². The summed E-state index contributed by atoms with van der Waals surface area (Å²) in [5.41, 5.74) is 2.92. The lowest BCUT2D eigenvalue weighted by molar-refractivity contribution is -0.140. The summed E-state index contributed by atoms with van der Waals surface area (Å²) in [5, 5.41) is 11.5. The van der Waals surface area contributed by atoms with Crippen molar-refractivity contribution < 1.29 is 28.9 Å². The maximum atomic E-state index is 13.4. The Kier molecular flexibility index (Phi) is 7.42. The number of benzene rings is 2. The molecule has 2 heterocycles. The van der Waals surface area contributed by atoms with Crippen LogP contribution in [0.5, 0.6) is 11.5 Å². The lowest BCUT2D eigenvalue weighted by atomic mass is 9.92. The van der Waals surface area contributed by atoms with E-state index in [9.17, 15) is 14.7 Å². The van der Waals surface area contributed by atoms with Gasteiger partial charge >= 0.3 is 0 Å². The summed E-state index contributed by atoms with van der Waals surface area (Å²) in [6.45, 7) is 7.49. The molecule has 1 N–H and O–H groups in total. The number of carbonyl (C=O) groups excluding carboxylic acids is 2. The van der Waals surface area contributed by atoms with E-state index < -0.39 is 17.7 Å². The number of methoxy groups -OCH3 is 2. The Balaban J connectivity index is 1.85. The largest absolute Gasteiger partial charge is 0.507 e. The van der Waals surface area contributed by atoms with Gasteiger partial charge in [-0.2, -0.15) is 0 Å². The highest BCUT2D eigenvalue weighted by molar-refractivity contribution is 6.46. The molecule has 2 aromatic rings. The Hall–Kier alpha value is -3.36. The highest BCUT2D eigenvalue weighted by atomic mass is 16.5. The highest BCUT2D eigenvalue weighted by Crippen LogP contribution is 2.44. The van der Waals surface area contributed by atoms with E-state index in [1.807, 2.05) is 32.0 Å². The smallest absolute Gasteiger partial charge is 0.295 e. The zero-order chi connectivity index (χ0) is 25.1. The van der Waals surface area contributed by atoms with Crippen molar-refractivity contribution in [1.29, 1.82) is 0 Å². The zero-order valence-electron chi connectivity index (χ0n) is 20.7. The van der Waals surface area contributed by atoms with E-state index in [2.05, 4.69) is 4.90 Å². The maximum Gasteiger partial charge on any atom is 0.295 e. The van der Waals surface area contributed by atoms with Crippen molar-refractivity contribution in [2.45, 2.75) is 19.9 Å². The number of morpholine rings is 1. The molecular weight excluding hydrogens is 448 g/mol. The van der Waals surface area contributed by atoms with Gasteiger partial charge in [0.15, 0.2) is 0 Å². The molecule has 0 spiro atoms. The molecule has 1 atom stereocenters. The Bertz CT molecular complexity index is 1150. The van der Waals surface area contributed by atoms with Gasteiger partial charge in [-0.15, -0.1) is 0 Å². The third-order valence-electron chi connectivity index (χ3n) is 6.68. The monoisotopic (exact) mass is 480 g/mol. The van der Waals surface area contributed by atoms with Crippen LogP contribution in [0.3, 0.4) is 0 Å². The number of aryl methyl sites for hydroxylation is 2. The van der Waals surface area contributed by atoms with Crippen LogP contribution in [0, 0.1) is 13.8 Å². The van der Waals surface area contributed by atoms with Crippen LogP contribution in [0.1, 0.15) is 28.3 Å². The van der Waals surface area contributed by atoms with Crippen molar-refractivity contribution in [2.75, 3.05) is 53.6 Å². The van der Waals surface area contributed by atoms with E-state index in [4.69, 9.17) is 14.2 Å². The first-order valence-electron chi connectivity index (χ1n) is 11.7. The Morgan fingerprint density at radius 1 is 1.03 bits per heavy atom. The highest BCUT2D eigenvalue weighted by Gasteiger charge is 2.47. The van der Waals surface area contributed by atoms with Crippen molar-refractivity contribution in [3.63, 3.8) is 0 Å². The topological polar surface area (TPSA) is 88.5 Å². The molecule has 8 nitrogen and oxygen atoms in total. The first-order chi connectivity index (χ1) is 16.8. The molecule has 0 radical (unpaired) electrons. The predicted molar refractivity (Wildman–Crippen MR) is 132 cm³/mol.